The van der Waals surface area contributed by atoms with E-state index in [0.717, 1.165) is 25.7 Å². The molecule has 6 nitrogen and oxygen atoms in total. The van der Waals surface area contributed by atoms with Crippen molar-refractivity contribution in [3.63, 3.8) is 0 Å². The summed E-state index contributed by atoms with van der Waals surface area (Å²) < 4.78 is 11.2. The lowest BCUT2D eigenvalue weighted by Crippen LogP contribution is -2.69. The molecular formula is C23H34O6. The van der Waals surface area contributed by atoms with E-state index in [1.165, 1.54) is 13.8 Å². The number of hydrogen-bond acceptors (Lipinski definition) is 6. The van der Waals surface area contributed by atoms with Crippen molar-refractivity contribution in [3.8, 4) is 0 Å². The van der Waals surface area contributed by atoms with Gasteiger partial charge < -0.3 is 14.6 Å². The summed E-state index contributed by atoms with van der Waals surface area (Å²) in [6.45, 7) is 7.01. The number of rotatable bonds is 2. The molecule has 0 radical (unpaired) electrons. The van der Waals surface area contributed by atoms with Gasteiger partial charge in [0.05, 0.1) is 0 Å². The summed E-state index contributed by atoms with van der Waals surface area (Å²) in [5.41, 5.74) is -1.93. The number of hydrogen-bond donors (Lipinski definition) is 1. The highest BCUT2D eigenvalue weighted by molar-refractivity contribution is 5.87. The standard InChI is InChI=1S/C23H34O6/c1-13(24)28-15-7-10-22(4)18-8-9-21(3)17(5-6-19(21)26)16(18)11-20(29-14(2)25)23(22,27)12-15/h15-18,20,27H,5-12H2,1-4H3/t15-,16+,17+,18-,20+,21+,22-,23+/m1/s1. The van der Waals surface area contributed by atoms with Crippen LogP contribution >= 0.6 is 0 Å². The lowest BCUT2D eigenvalue weighted by molar-refractivity contribution is -0.269. The molecule has 0 aromatic carbocycles. The van der Waals surface area contributed by atoms with Gasteiger partial charge in [-0.3, -0.25) is 14.4 Å². The van der Waals surface area contributed by atoms with Gasteiger partial charge in [0.25, 0.3) is 0 Å². The molecule has 4 rings (SSSR count). The maximum atomic E-state index is 12.7. The topological polar surface area (TPSA) is 89.9 Å². The molecule has 0 aromatic rings. The smallest absolute Gasteiger partial charge is 0.303 e. The van der Waals surface area contributed by atoms with Crippen molar-refractivity contribution in [3.05, 3.63) is 0 Å². The van der Waals surface area contributed by atoms with Crippen LogP contribution in [0.2, 0.25) is 0 Å². The van der Waals surface area contributed by atoms with E-state index in [-0.39, 0.29) is 29.3 Å². The van der Waals surface area contributed by atoms with Crippen molar-refractivity contribution < 1.29 is 29.0 Å². The molecule has 0 aromatic heterocycles. The summed E-state index contributed by atoms with van der Waals surface area (Å²) in [6, 6.07) is 0. The van der Waals surface area contributed by atoms with E-state index in [4.69, 9.17) is 9.47 Å². The van der Waals surface area contributed by atoms with Gasteiger partial charge >= 0.3 is 11.9 Å². The lowest BCUT2D eigenvalue weighted by Gasteiger charge is -2.65. The monoisotopic (exact) mass is 406 g/mol. The zero-order valence-electron chi connectivity index (χ0n) is 18.0. The van der Waals surface area contributed by atoms with E-state index < -0.39 is 23.1 Å². The highest BCUT2D eigenvalue weighted by atomic mass is 16.6. The van der Waals surface area contributed by atoms with Crippen LogP contribution in [0.3, 0.4) is 0 Å². The molecule has 0 spiro atoms. The fourth-order valence-electron chi connectivity index (χ4n) is 7.67. The summed E-state index contributed by atoms with van der Waals surface area (Å²) in [4.78, 5) is 36.1. The molecule has 0 aliphatic heterocycles. The van der Waals surface area contributed by atoms with E-state index in [9.17, 15) is 19.5 Å². The number of fused-ring (bicyclic) bond motifs is 5. The molecule has 4 fully saturated rings. The quantitative estimate of drug-likeness (QED) is 0.709. The fourth-order valence-corrected chi connectivity index (χ4v) is 7.67. The number of carbonyl (C=O) groups excluding carboxylic acids is 3. The van der Waals surface area contributed by atoms with Crippen molar-refractivity contribution in [1.82, 2.24) is 0 Å². The predicted molar refractivity (Wildman–Crippen MR) is 105 cm³/mol. The van der Waals surface area contributed by atoms with Crippen molar-refractivity contribution in [2.75, 3.05) is 0 Å². The zero-order chi connectivity index (χ0) is 21.2. The number of Topliss-reactive ketones (excluding diaryl/α,β-unsaturated/α-hetero) is 1. The van der Waals surface area contributed by atoms with Crippen LogP contribution in [0.4, 0.5) is 0 Å². The summed E-state index contributed by atoms with van der Waals surface area (Å²) in [5, 5.41) is 12.0. The van der Waals surface area contributed by atoms with Gasteiger partial charge in [0.1, 0.15) is 23.6 Å². The number of carbonyl (C=O) groups is 3. The molecular weight excluding hydrogens is 372 g/mol. The second-order valence-corrected chi connectivity index (χ2v) is 10.4. The minimum Gasteiger partial charge on any atom is -0.462 e. The molecule has 4 saturated carbocycles. The Labute approximate surface area is 172 Å². The maximum absolute atomic E-state index is 12.7. The SMILES string of the molecule is CC(=O)O[C@@H]1CC[C@]2(C)[C@@H]3CC[C@]4(C)C(=O)CC[C@H]4[C@@H]3C[C@H](OC(C)=O)[C@@]2(O)C1. The molecule has 0 amide bonds. The normalized spacial score (nSPS) is 48.9. The van der Waals surface area contributed by atoms with Crippen LogP contribution in [-0.4, -0.2) is 40.6 Å². The minimum absolute atomic E-state index is 0.264. The summed E-state index contributed by atoms with van der Waals surface area (Å²) in [7, 11) is 0. The molecule has 6 heteroatoms. The van der Waals surface area contributed by atoms with Gasteiger partial charge in [-0.25, -0.2) is 0 Å². The number of esters is 2. The molecule has 8 atom stereocenters. The Bertz CT molecular complexity index is 733. The zero-order valence-corrected chi connectivity index (χ0v) is 18.0. The highest BCUT2D eigenvalue weighted by Gasteiger charge is 2.68. The van der Waals surface area contributed by atoms with Gasteiger partial charge in [0.2, 0.25) is 0 Å². The average molecular weight is 407 g/mol. The number of ketones is 1. The average Bonchev–Trinajstić information content (AvgIpc) is 2.92. The Hall–Kier alpha value is -1.43. The third-order valence-corrected chi connectivity index (χ3v) is 9.14. The van der Waals surface area contributed by atoms with Crippen LogP contribution in [0.5, 0.6) is 0 Å². The second-order valence-electron chi connectivity index (χ2n) is 10.4. The van der Waals surface area contributed by atoms with Crippen molar-refractivity contribution in [2.24, 2.45) is 28.6 Å². The molecule has 1 N–H and O–H groups in total. The van der Waals surface area contributed by atoms with E-state index in [0.29, 0.717) is 37.4 Å². The fraction of sp³-hybridized carbons (Fsp3) is 0.870. The predicted octanol–water partition coefficient (Wildman–Crippen LogP) is 3.19. The number of aliphatic hydroxyl groups is 1. The number of ether oxygens (including phenoxy) is 2. The highest BCUT2D eigenvalue weighted by Crippen LogP contribution is 2.67. The summed E-state index contributed by atoms with van der Waals surface area (Å²) >= 11 is 0. The van der Waals surface area contributed by atoms with Gasteiger partial charge in [-0.2, -0.15) is 0 Å². The molecule has 0 bridgehead atoms. The first-order valence-corrected chi connectivity index (χ1v) is 11.1. The van der Waals surface area contributed by atoms with Crippen LogP contribution in [0, 0.1) is 28.6 Å². The van der Waals surface area contributed by atoms with Crippen molar-refractivity contribution in [1.29, 1.82) is 0 Å². The summed E-state index contributed by atoms with van der Waals surface area (Å²) in [5.74, 6) is 0.452. The molecule has 162 valence electrons. The molecule has 0 unspecified atom stereocenters. The molecule has 4 aliphatic rings. The Balaban J connectivity index is 1.71. The van der Waals surface area contributed by atoms with E-state index in [1.807, 2.05) is 0 Å². The third-order valence-electron chi connectivity index (χ3n) is 9.14. The minimum atomic E-state index is -1.23. The van der Waals surface area contributed by atoms with E-state index >= 15 is 0 Å². The summed E-state index contributed by atoms with van der Waals surface area (Å²) in [6.07, 6.45) is 4.62. The van der Waals surface area contributed by atoms with Crippen LogP contribution in [0.15, 0.2) is 0 Å². The maximum Gasteiger partial charge on any atom is 0.303 e. The first kappa shape index (κ1) is 20.8. The van der Waals surface area contributed by atoms with E-state index in [2.05, 4.69) is 13.8 Å². The molecule has 29 heavy (non-hydrogen) atoms. The van der Waals surface area contributed by atoms with Crippen molar-refractivity contribution in [2.45, 2.75) is 96.9 Å². The third kappa shape index (κ3) is 2.96. The van der Waals surface area contributed by atoms with Crippen LogP contribution < -0.4 is 0 Å². The lowest BCUT2D eigenvalue weighted by atomic mass is 9.43. The van der Waals surface area contributed by atoms with Crippen LogP contribution in [-0.2, 0) is 23.9 Å². The Morgan fingerprint density at radius 2 is 1.69 bits per heavy atom. The van der Waals surface area contributed by atoms with Gasteiger partial charge in [0, 0.05) is 37.5 Å². The molecule has 4 aliphatic carbocycles. The largest absolute Gasteiger partial charge is 0.462 e. The van der Waals surface area contributed by atoms with Gasteiger partial charge in [0.15, 0.2) is 0 Å². The Morgan fingerprint density at radius 1 is 1.00 bits per heavy atom. The second kappa shape index (κ2) is 6.79. The van der Waals surface area contributed by atoms with Gasteiger partial charge in [-0.05, 0) is 56.3 Å². The first-order chi connectivity index (χ1) is 13.5. The Kier molecular flexibility index (Phi) is 4.88. The van der Waals surface area contributed by atoms with Crippen LogP contribution in [0.1, 0.15) is 79.1 Å². The van der Waals surface area contributed by atoms with Crippen molar-refractivity contribution >= 4 is 17.7 Å². The van der Waals surface area contributed by atoms with Gasteiger partial charge in [-0.1, -0.05) is 13.8 Å². The molecule has 0 saturated heterocycles. The Morgan fingerprint density at radius 3 is 2.34 bits per heavy atom. The molecule has 0 heterocycles. The van der Waals surface area contributed by atoms with Crippen LogP contribution in [0.25, 0.3) is 0 Å². The van der Waals surface area contributed by atoms with Gasteiger partial charge in [-0.15, -0.1) is 0 Å². The first-order valence-electron chi connectivity index (χ1n) is 11.1. The van der Waals surface area contributed by atoms with E-state index in [1.54, 1.807) is 0 Å².